The topological polar surface area (TPSA) is 30.9 Å². The summed E-state index contributed by atoms with van der Waals surface area (Å²) in [4.78, 5) is 0. The molecule has 2 nitrogen and oxygen atoms in total. The predicted octanol–water partition coefficient (Wildman–Crippen LogP) is 2.80. The van der Waals surface area contributed by atoms with Crippen LogP contribution in [0.15, 0.2) is 30.3 Å². The lowest BCUT2D eigenvalue weighted by atomic mass is 9.85. The third-order valence-corrected chi connectivity index (χ3v) is 3.41. The Morgan fingerprint density at radius 3 is 2.56 bits per heavy atom. The largest absolute Gasteiger partial charge is 0.347 e. The second kappa shape index (κ2) is 3.95. The Labute approximate surface area is 97.1 Å². The fourth-order valence-corrected chi connectivity index (χ4v) is 2.43. The lowest BCUT2D eigenvalue weighted by Crippen LogP contribution is -2.24. The van der Waals surface area contributed by atoms with E-state index in [1.165, 1.54) is 16.6 Å². The number of fused-ring (bicyclic) bond motifs is 1. The maximum Gasteiger partial charge on any atom is 0.0480 e. The predicted molar refractivity (Wildman–Crippen MR) is 69.6 cm³/mol. The highest BCUT2D eigenvalue weighted by Crippen LogP contribution is 2.30. The summed E-state index contributed by atoms with van der Waals surface area (Å²) in [6.07, 6.45) is 1.01. The molecule has 2 aromatic rings. The molecule has 0 unspecified atom stereocenters. The van der Waals surface area contributed by atoms with Crippen LogP contribution in [0.1, 0.15) is 26.0 Å². The molecule has 0 radical (unpaired) electrons. The first kappa shape index (κ1) is 11.2. The van der Waals surface area contributed by atoms with E-state index in [1.54, 1.807) is 0 Å². The van der Waals surface area contributed by atoms with Gasteiger partial charge in [-0.2, -0.15) is 0 Å². The number of para-hydroxylation sites is 1. The van der Waals surface area contributed by atoms with E-state index < -0.39 is 0 Å². The van der Waals surface area contributed by atoms with Gasteiger partial charge in [0.2, 0.25) is 0 Å². The van der Waals surface area contributed by atoms with E-state index in [1.807, 2.05) is 0 Å². The van der Waals surface area contributed by atoms with Crippen LogP contribution in [0.3, 0.4) is 0 Å². The van der Waals surface area contributed by atoms with Gasteiger partial charge in [0.05, 0.1) is 0 Å². The average Bonchev–Trinajstić information content (AvgIpc) is 2.58. The fourth-order valence-electron chi connectivity index (χ4n) is 2.43. The van der Waals surface area contributed by atoms with Gasteiger partial charge in [-0.05, 0) is 30.5 Å². The number of benzene rings is 1. The SMILES string of the molecule is Cn1c(C(C)(C)CCN)cc2ccccc21. The average molecular weight is 216 g/mol. The van der Waals surface area contributed by atoms with Crippen molar-refractivity contribution >= 4 is 10.9 Å². The lowest BCUT2D eigenvalue weighted by molar-refractivity contribution is 0.460. The highest BCUT2D eigenvalue weighted by molar-refractivity contribution is 5.81. The highest BCUT2D eigenvalue weighted by atomic mass is 15.0. The minimum absolute atomic E-state index is 0.141. The lowest BCUT2D eigenvalue weighted by Gasteiger charge is -2.25. The minimum atomic E-state index is 0.141. The molecule has 0 atom stereocenters. The third kappa shape index (κ3) is 1.74. The van der Waals surface area contributed by atoms with Crippen LogP contribution in [0.25, 0.3) is 10.9 Å². The third-order valence-electron chi connectivity index (χ3n) is 3.41. The molecule has 0 bridgehead atoms. The quantitative estimate of drug-likeness (QED) is 0.840. The van der Waals surface area contributed by atoms with Gasteiger partial charge in [-0.25, -0.2) is 0 Å². The van der Waals surface area contributed by atoms with Crippen LogP contribution in [0.4, 0.5) is 0 Å². The number of aryl methyl sites for hydroxylation is 1. The van der Waals surface area contributed by atoms with Crippen LogP contribution in [0.5, 0.6) is 0 Å². The van der Waals surface area contributed by atoms with Crippen LogP contribution < -0.4 is 5.73 Å². The van der Waals surface area contributed by atoms with E-state index in [4.69, 9.17) is 5.73 Å². The van der Waals surface area contributed by atoms with Gasteiger partial charge in [0.1, 0.15) is 0 Å². The summed E-state index contributed by atoms with van der Waals surface area (Å²) < 4.78 is 2.28. The maximum atomic E-state index is 5.69. The van der Waals surface area contributed by atoms with Crippen LogP contribution in [-0.2, 0) is 12.5 Å². The van der Waals surface area contributed by atoms with E-state index in [0.29, 0.717) is 0 Å². The molecule has 16 heavy (non-hydrogen) atoms. The van der Waals surface area contributed by atoms with Crippen molar-refractivity contribution in [2.24, 2.45) is 12.8 Å². The Balaban J connectivity index is 2.57. The molecule has 0 aliphatic heterocycles. The maximum absolute atomic E-state index is 5.69. The summed E-state index contributed by atoms with van der Waals surface area (Å²) >= 11 is 0. The molecule has 0 aliphatic rings. The summed E-state index contributed by atoms with van der Waals surface area (Å²) in [5, 5.41) is 1.31. The Kier molecular flexibility index (Phi) is 2.76. The number of aromatic nitrogens is 1. The summed E-state index contributed by atoms with van der Waals surface area (Å²) in [5.74, 6) is 0. The van der Waals surface area contributed by atoms with E-state index in [2.05, 4.69) is 55.8 Å². The van der Waals surface area contributed by atoms with E-state index in [9.17, 15) is 0 Å². The van der Waals surface area contributed by atoms with Crippen molar-refractivity contribution in [3.05, 3.63) is 36.0 Å². The molecule has 0 saturated heterocycles. The zero-order valence-electron chi connectivity index (χ0n) is 10.3. The van der Waals surface area contributed by atoms with Crippen molar-refractivity contribution in [2.45, 2.75) is 25.7 Å². The Morgan fingerprint density at radius 1 is 1.25 bits per heavy atom. The van der Waals surface area contributed by atoms with Crippen molar-refractivity contribution in [1.29, 1.82) is 0 Å². The van der Waals surface area contributed by atoms with Crippen LogP contribution in [0, 0.1) is 0 Å². The molecular formula is C14H20N2. The monoisotopic (exact) mass is 216 g/mol. The molecular weight excluding hydrogens is 196 g/mol. The van der Waals surface area contributed by atoms with Gasteiger partial charge in [0.15, 0.2) is 0 Å². The van der Waals surface area contributed by atoms with Gasteiger partial charge in [-0.15, -0.1) is 0 Å². The Morgan fingerprint density at radius 2 is 1.94 bits per heavy atom. The molecule has 0 spiro atoms. The number of hydrogen-bond acceptors (Lipinski definition) is 1. The van der Waals surface area contributed by atoms with Gasteiger partial charge in [0.25, 0.3) is 0 Å². The molecule has 0 fully saturated rings. The van der Waals surface area contributed by atoms with Crippen LogP contribution in [-0.4, -0.2) is 11.1 Å². The van der Waals surface area contributed by atoms with Gasteiger partial charge in [-0.3, -0.25) is 0 Å². The van der Waals surface area contributed by atoms with Crippen molar-refractivity contribution in [2.75, 3.05) is 6.54 Å². The van der Waals surface area contributed by atoms with Crippen molar-refractivity contribution in [3.63, 3.8) is 0 Å². The first-order chi connectivity index (χ1) is 7.56. The summed E-state index contributed by atoms with van der Waals surface area (Å²) in [7, 11) is 2.13. The molecule has 2 N–H and O–H groups in total. The molecule has 1 aromatic carbocycles. The van der Waals surface area contributed by atoms with E-state index in [-0.39, 0.29) is 5.41 Å². The first-order valence-corrected chi connectivity index (χ1v) is 5.81. The number of nitrogens with zero attached hydrogens (tertiary/aromatic N) is 1. The van der Waals surface area contributed by atoms with E-state index in [0.717, 1.165) is 13.0 Å². The zero-order valence-corrected chi connectivity index (χ0v) is 10.3. The van der Waals surface area contributed by atoms with Crippen molar-refractivity contribution in [3.8, 4) is 0 Å². The number of rotatable bonds is 3. The second-order valence-electron chi connectivity index (χ2n) is 5.07. The van der Waals surface area contributed by atoms with Crippen molar-refractivity contribution in [1.82, 2.24) is 4.57 Å². The van der Waals surface area contributed by atoms with E-state index >= 15 is 0 Å². The smallest absolute Gasteiger partial charge is 0.0480 e. The normalized spacial score (nSPS) is 12.2. The highest BCUT2D eigenvalue weighted by Gasteiger charge is 2.23. The molecule has 86 valence electrons. The molecule has 0 aliphatic carbocycles. The molecule has 1 aromatic heterocycles. The summed E-state index contributed by atoms with van der Waals surface area (Å²) in [5.41, 5.74) is 8.48. The summed E-state index contributed by atoms with van der Waals surface area (Å²) in [6.45, 7) is 5.25. The van der Waals surface area contributed by atoms with Gasteiger partial charge < -0.3 is 10.3 Å². The summed E-state index contributed by atoms with van der Waals surface area (Å²) in [6, 6.07) is 10.8. The fraction of sp³-hybridized carbons (Fsp3) is 0.429. The van der Waals surface area contributed by atoms with Crippen molar-refractivity contribution < 1.29 is 0 Å². The Bertz CT molecular complexity index is 494. The molecule has 0 saturated carbocycles. The number of hydrogen-bond donors (Lipinski definition) is 1. The van der Waals surface area contributed by atoms with Crippen LogP contribution in [0.2, 0.25) is 0 Å². The van der Waals surface area contributed by atoms with Gasteiger partial charge in [0, 0.05) is 23.7 Å². The zero-order chi connectivity index (χ0) is 11.8. The second-order valence-corrected chi connectivity index (χ2v) is 5.07. The minimum Gasteiger partial charge on any atom is -0.347 e. The molecule has 2 rings (SSSR count). The standard InChI is InChI=1S/C14H20N2/c1-14(2,8-9-15)13-10-11-6-4-5-7-12(11)16(13)3/h4-7,10H,8-9,15H2,1-3H3. The molecule has 0 amide bonds. The van der Waals surface area contributed by atoms with Crippen LogP contribution >= 0.6 is 0 Å². The first-order valence-electron chi connectivity index (χ1n) is 5.81. The Hall–Kier alpha value is -1.28. The van der Waals surface area contributed by atoms with Gasteiger partial charge >= 0.3 is 0 Å². The molecule has 2 heteroatoms. The van der Waals surface area contributed by atoms with Gasteiger partial charge in [-0.1, -0.05) is 32.0 Å². The molecule has 1 heterocycles. The number of nitrogens with two attached hydrogens (primary N) is 1.